The first-order chi connectivity index (χ1) is 15.5. The van der Waals surface area contributed by atoms with Crippen LogP contribution in [0.1, 0.15) is 29.8 Å². The summed E-state index contributed by atoms with van der Waals surface area (Å²) in [6.07, 6.45) is -0.741. The standard InChI is InChI=1S/C25H22N2O4S/c1-3-30-25(29)17(2)31-20-14-12-18(13-15-20)24(28)27-21-9-5-7-11-23(21)32-22-10-6-4-8-19(22)16-26/h4-15,17H,3H2,1-2H3,(H,27,28). The Morgan fingerprint density at radius 3 is 2.34 bits per heavy atom. The summed E-state index contributed by atoms with van der Waals surface area (Å²) < 4.78 is 10.5. The summed E-state index contributed by atoms with van der Waals surface area (Å²) in [5, 5.41) is 12.2. The number of para-hydroxylation sites is 1. The molecule has 0 heterocycles. The van der Waals surface area contributed by atoms with Crippen LogP contribution >= 0.6 is 11.8 Å². The summed E-state index contributed by atoms with van der Waals surface area (Å²) in [7, 11) is 0. The van der Waals surface area contributed by atoms with Gasteiger partial charge in [0.15, 0.2) is 6.10 Å². The molecule has 0 saturated carbocycles. The molecular weight excluding hydrogens is 424 g/mol. The molecule has 1 atom stereocenters. The van der Waals surface area contributed by atoms with Gasteiger partial charge in [-0.3, -0.25) is 4.79 Å². The lowest BCUT2D eigenvalue weighted by atomic mass is 10.2. The van der Waals surface area contributed by atoms with E-state index in [1.165, 1.54) is 11.8 Å². The third-order valence-electron chi connectivity index (χ3n) is 4.41. The fourth-order valence-corrected chi connectivity index (χ4v) is 3.80. The minimum Gasteiger partial charge on any atom is -0.479 e. The molecule has 1 amide bonds. The van der Waals surface area contributed by atoms with E-state index in [2.05, 4.69) is 11.4 Å². The van der Waals surface area contributed by atoms with Crippen LogP contribution in [0.5, 0.6) is 5.75 Å². The lowest BCUT2D eigenvalue weighted by Gasteiger charge is -2.14. The molecule has 0 aliphatic rings. The Balaban J connectivity index is 1.70. The van der Waals surface area contributed by atoms with Gasteiger partial charge in [-0.05, 0) is 62.4 Å². The van der Waals surface area contributed by atoms with Gasteiger partial charge in [0.2, 0.25) is 0 Å². The number of ether oxygens (including phenoxy) is 2. The number of benzene rings is 3. The van der Waals surface area contributed by atoms with Crippen molar-refractivity contribution < 1.29 is 19.1 Å². The maximum absolute atomic E-state index is 12.8. The van der Waals surface area contributed by atoms with Crippen LogP contribution in [0.15, 0.2) is 82.6 Å². The van der Waals surface area contributed by atoms with E-state index in [1.807, 2.05) is 42.5 Å². The zero-order valence-electron chi connectivity index (χ0n) is 17.7. The molecule has 7 heteroatoms. The fourth-order valence-electron chi connectivity index (χ4n) is 2.82. The number of nitriles is 1. The van der Waals surface area contributed by atoms with Crippen LogP contribution in [0, 0.1) is 11.3 Å². The van der Waals surface area contributed by atoms with Crippen molar-refractivity contribution in [3.8, 4) is 11.8 Å². The van der Waals surface area contributed by atoms with Crippen LogP contribution in [0.3, 0.4) is 0 Å². The van der Waals surface area contributed by atoms with Gasteiger partial charge >= 0.3 is 5.97 Å². The minimum atomic E-state index is -0.741. The van der Waals surface area contributed by atoms with Gasteiger partial charge in [-0.2, -0.15) is 5.26 Å². The number of rotatable bonds is 8. The second-order valence-electron chi connectivity index (χ2n) is 6.70. The van der Waals surface area contributed by atoms with Gasteiger partial charge < -0.3 is 14.8 Å². The van der Waals surface area contributed by atoms with Crippen molar-refractivity contribution in [3.05, 3.63) is 83.9 Å². The van der Waals surface area contributed by atoms with Gasteiger partial charge in [0, 0.05) is 15.4 Å². The molecule has 0 fully saturated rings. The van der Waals surface area contributed by atoms with E-state index in [9.17, 15) is 14.9 Å². The normalized spacial score (nSPS) is 11.2. The SMILES string of the molecule is CCOC(=O)C(C)Oc1ccc(C(=O)Nc2ccccc2Sc2ccccc2C#N)cc1. The molecule has 0 spiro atoms. The molecule has 3 aromatic carbocycles. The monoisotopic (exact) mass is 446 g/mol. The zero-order chi connectivity index (χ0) is 22.9. The molecule has 3 aromatic rings. The Hall–Kier alpha value is -3.76. The molecule has 1 N–H and O–H groups in total. The van der Waals surface area contributed by atoms with Crippen molar-refractivity contribution in [1.82, 2.24) is 0 Å². The van der Waals surface area contributed by atoms with E-state index in [-0.39, 0.29) is 12.5 Å². The van der Waals surface area contributed by atoms with Gasteiger partial charge in [0.25, 0.3) is 5.91 Å². The number of carbonyl (C=O) groups is 2. The Morgan fingerprint density at radius 1 is 1.00 bits per heavy atom. The molecule has 0 bridgehead atoms. The van der Waals surface area contributed by atoms with Crippen molar-refractivity contribution in [1.29, 1.82) is 5.26 Å². The lowest BCUT2D eigenvalue weighted by molar-refractivity contribution is -0.150. The first-order valence-electron chi connectivity index (χ1n) is 10.0. The number of carbonyl (C=O) groups excluding carboxylic acids is 2. The van der Waals surface area contributed by atoms with Crippen molar-refractivity contribution in [2.24, 2.45) is 0 Å². The van der Waals surface area contributed by atoms with Crippen LogP contribution in [-0.4, -0.2) is 24.6 Å². The molecule has 6 nitrogen and oxygen atoms in total. The molecule has 3 rings (SSSR count). The van der Waals surface area contributed by atoms with E-state index < -0.39 is 12.1 Å². The summed E-state index contributed by atoms with van der Waals surface area (Å²) in [6, 6.07) is 23.4. The van der Waals surface area contributed by atoms with Gasteiger partial charge in [0.05, 0.1) is 17.9 Å². The molecule has 0 saturated heterocycles. The quantitative estimate of drug-likeness (QED) is 0.473. The molecular formula is C25H22N2O4S. The number of nitrogens with zero attached hydrogens (tertiary/aromatic N) is 1. The maximum Gasteiger partial charge on any atom is 0.347 e. The highest BCUT2D eigenvalue weighted by atomic mass is 32.2. The van der Waals surface area contributed by atoms with Crippen LogP contribution in [0.2, 0.25) is 0 Å². The number of esters is 1. The maximum atomic E-state index is 12.8. The summed E-state index contributed by atoms with van der Waals surface area (Å²) in [4.78, 5) is 26.1. The van der Waals surface area contributed by atoms with Crippen LogP contribution in [0.4, 0.5) is 5.69 Å². The number of hydrogen-bond acceptors (Lipinski definition) is 6. The molecule has 32 heavy (non-hydrogen) atoms. The minimum absolute atomic E-state index is 0.281. The molecule has 0 aliphatic heterocycles. The number of nitrogens with one attached hydrogen (secondary N) is 1. The number of anilines is 1. The van der Waals surface area contributed by atoms with Crippen molar-refractivity contribution in [3.63, 3.8) is 0 Å². The second-order valence-corrected chi connectivity index (χ2v) is 7.78. The van der Waals surface area contributed by atoms with Crippen molar-refractivity contribution >= 4 is 29.3 Å². The van der Waals surface area contributed by atoms with Gasteiger partial charge in [-0.15, -0.1) is 0 Å². The molecule has 0 aliphatic carbocycles. The van der Waals surface area contributed by atoms with Crippen LogP contribution in [-0.2, 0) is 9.53 Å². The average Bonchev–Trinajstić information content (AvgIpc) is 2.81. The third-order valence-corrected chi connectivity index (χ3v) is 5.56. The first kappa shape index (κ1) is 22.9. The highest BCUT2D eigenvalue weighted by molar-refractivity contribution is 7.99. The number of amides is 1. The lowest BCUT2D eigenvalue weighted by Crippen LogP contribution is -2.26. The second kappa shape index (κ2) is 11.0. The van der Waals surface area contributed by atoms with E-state index >= 15 is 0 Å². The third kappa shape index (κ3) is 5.90. The molecule has 162 valence electrons. The van der Waals surface area contributed by atoms with Crippen LogP contribution in [0.25, 0.3) is 0 Å². The summed E-state index contributed by atoms with van der Waals surface area (Å²) >= 11 is 1.42. The zero-order valence-corrected chi connectivity index (χ0v) is 18.5. The summed E-state index contributed by atoms with van der Waals surface area (Å²) in [5.74, 6) is -0.260. The largest absolute Gasteiger partial charge is 0.479 e. The highest BCUT2D eigenvalue weighted by Crippen LogP contribution is 2.35. The highest BCUT2D eigenvalue weighted by Gasteiger charge is 2.16. The van der Waals surface area contributed by atoms with Gasteiger partial charge in [-0.1, -0.05) is 36.0 Å². The molecule has 0 radical (unpaired) electrons. The fraction of sp³-hybridized carbons (Fsp3) is 0.160. The molecule has 1 unspecified atom stereocenters. The first-order valence-corrected chi connectivity index (χ1v) is 10.8. The van der Waals surface area contributed by atoms with Crippen LogP contribution < -0.4 is 10.1 Å². The topological polar surface area (TPSA) is 88.4 Å². The Bertz CT molecular complexity index is 1140. The van der Waals surface area contributed by atoms with E-state index in [1.54, 1.807) is 44.2 Å². The summed E-state index contributed by atoms with van der Waals surface area (Å²) in [6.45, 7) is 3.63. The van der Waals surface area contributed by atoms with E-state index in [4.69, 9.17) is 9.47 Å². The Labute approximate surface area is 191 Å². The Morgan fingerprint density at radius 2 is 1.66 bits per heavy atom. The predicted molar refractivity (Wildman–Crippen MR) is 123 cm³/mol. The Kier molecular flexibility index (Phi) is 7.90. The molecule has 0 aromatic heterocycles. The van der Waals surface area contributed by atoms with Crippen molar-refractivity contribution in [2.45, 2.75) is 29.7 Å². The summed E-state index contributed by atoms with van der Waals surface area (Å²) in [5.41, 5.74) is 1.66. The van der Waals surface area contributed by atoms with E-state index in [0.717, 1.165) is 9.79 Å². The number of hydrogen-bond donors (Lipinski definition) is 1. The predicted octanol–water partition coefficient (Wildman–Crippen LogP) is 5.29. The van der Waals surface area contributed by atoms with Gasteiger partial charge in [0.1, 0.15) is 11.8 Å². The van der Waals surface area contributed by atoms with Gasteiger partial charge in [-0.25, -0.2) is 4.79 Å². The van der Waals surface area contributed by atoms with E-state index in [0.29, 0.717) is 22.6 Å². The average molecular weight is 447 g/mol. The smallest absolute Gasteiger partial charge is 0.347 e. The van der Waals surface area contributed by atoms with Crippen molar-refractivity contribution in [2.75, 3.05) is 11.9 Å².